The van der Waals surface area contributed by atoms with Gasteiger partial charge in [-0.05, 0) is 56.1 Å². The van der Waals surface area contributed by atoms with Crippen LogP contribution < -0.4 is 4.74 Å². The SMILES string of the molecule is CCOC(=O)[C@H]1CCCN(Cc2cccc(Oc3ccccc3)c2)C1. The van der Waals surface area contributed by atoms with Crippen molar-refractivity contribution in [1.82, 2.24) is 4.90 Å². The average Bonchev–Trinajstić information content (AvgIpc) is 2.63. The summed E-state index contributed by atoms with van der Waals surface area (Å²) in [4.78, 5) is 14.3. The zero-order chi connectivity index (χ0) is 17.5. The molecule has 3 rings (SSSR count). The van der Waals surface area contributed by atoms with Crippen LogP contribution in [0.25, 0.3) is 0 Å². The molecule has 132 valence electrons. The number of esters is 1. The molecule has 0 N–H and O–H groups in total. The number of para-hydroxylation sites is 1. The predicted octanol–water partition coefficient (Wildman–Crippen LogP) is 4.25. The third-order valence-electron chi connectivity index (χ3n) is 4.41. The van der Waals surface area contributed by atoms with Crippen LogP contribution in [0.4, 0.5) is 0 Å². The lowest BCUT2D eigenvalue weighted by Gasteiger charge is -2.31. The fourth-order valence-electron chi connectivity index (χ4n) is 3.24. The Bertz CT molecular complexity index is 687. The second kappa shape index (κ2) is 8.67. The van der Waals surface area contributed by atoms with Gasteiger partial charge in [-0.1, -0.05) is 30.3 Å². The topological polar surface area (TPSA) is 38.8 Å². The lowest BCUT2D eigenvalue weighted by Crippen LogP contribution is -2.38. The first-order valence-corrected chi connectivity index (χ1v) is 8.95. The average molecular weight is 339 g/mol. The Kier molecular flexibility index (Phi) is 6.07. The number of likely N-dealkylation sites (tertiary alicyclic amines) is 1. The van der Waals surface area contributed by atoms with Gasteiger partial charge in [0.25, 0.3) is 0 Å². The molecule has 2 aromatic carbocycles. The molecule has 1 aliphatic heterocycles. The molecule has 0 radical (unpaired) electrons. The molecule has 25 heavy (non-hydrogen) atoms. The first-order chi connectivity index (χ1) is 12.2. The van der Waals surface area contributed by atoms with Gasteiger partial charge in [-0.25, -0.2) is 0 Å². The van der Waals surface area contributed by atoms with Gasteiger partial charge >= 0.3 is 5.97 Å². The number of carbonyl (C=O) groups is 1. The molecule has 1 aliphatic rings. The van der Waals surface area contributed by atoms with Gasteiger partial charge in [-0.3, -0.25) is 9.69 Å². The number of rotatable bonds is 6. The Morgan fingerprint density at radius 2 is 1.92 bits per heavy atom. The summed E-state index contributed by atoms with van der Waals surface area (Å²) in [6.07, 6.45) is 1.95. The number of nitrogens with zero attached hydrogens (tertiary/aromatic N) is 1. The highest BCUT2D eigenvalue weighted by molar-refractivity contribution is 5.72. The minimum atomic E-state index is -0.0617. The molecule has 4 heteroatoms. The molecule has 0 amide bonds. The number of carbonyl (C=O) groups excluding carboxylic acids is 1. The maximum Gasteiger partial charge on any atom is 0.310 e. The van der Waals surface area contributed by atoms with Crippen molar-refractivity contribution in [2.75, 3.05) is 19.7 Å². The highest BCUT2D eigenvalue weighted by Crippen LogP contribution is 2.24. The second-order valence-corrected chi connectivity index (χ2v) is 6.39. The van der Waals surface area contributed by atoms with Gasteiger partial charge in [-0.2, -0.15) is 0 Å². The van der Waals surface area contributed by atoms with Crippen molar-refractivity contribution in [3.05, 3.63) is 60.2 Å². The summed E-state index contributed by atoms with van der Waals surface area (Å²) < 4.78 is 11.1. The van der Waals surface area contributed by atoms with Crippen LogP contribution in [0.15, 0.2) is 54.6 Å². The minimum absolute atomic E-state index is 0.00236. The quantitative estimate of drug-likeness (QED) is 0.737. The molecule has 0 aromatic heterocycles. The van der Waals surface area contributed by atoms with Crippen molar-refractivity contribution in [3.8, 4) is 11.5 Å². The molecular formula is C21H25NO3. The minimum Gasteiger partial charge on any atom is -0.466 e. The Balaban J connectivity index is 1.61. The summed E-state index contributed by atoms with van der Waals surface area (Å²) in [5, 5.41) is 0. The van der Waals surface area contributed by atoms with E-state index in [1.807, 2.05) is 49.4 Å². The Morgan fingerprint density at radius 3 is 2.72 bits per heavy atom. The Labute approximate surface area is 149 Å². The molecule has 1 saturated heterocycles. The van der Waals surface area contributed by atoms with Crippen molar-refractivity contribution in [2.45, 2.75) is 26.3 Å². The van der Waals surface area contributed by atoms with Gasteiger partial charge in [0.05, 0.1) is 12.5 Å². The predicted molar refractivity (Wildman–Crippen MR) is 97.6 cm³/mol. The molecular weight excluding hydrogens is 314 g/mol. The molecule has 1 atom stereocenters. The molecule has 1 heterocycles. The fraction of sp³-hybridized carbons (Fsp3) is 0.381. The number of piperidine rings is 1. The Morgan fingerprint density at radius 1 is 1.12 bits per heavy atom. The third-order valence-corrected chi connectivity index (χ3v) is 4.41. The molecule has 0 spiro atoms. The summed E-state index contributed by atoms with van der Waals surface area (Å²) in [5.41, 5.74) is 1.19. The van der Waals surface area contributed by atoms with Crippen molar-refractivity contribution in [2.24, 2.45) is 5.92 Å². The van der Waals surface area contributed by atoms with Crippen LogP contribution >= 0.6 is 0 Å². The van der Waals surface area contributed by atoms with Crippen molar-refractivity contribution in [1.29, 1.82) is 0 Å². The summed E-state index contributed by atoms with van der Waals surface area (Å²) in [6.45, 7) is 4.91. The highest BCUT2D eigenvalue weighted by atomic mass is 16.5. The molecule has 0 saturated carbocycles. The van der Waals surface area contributed by atoms with Crippen molar-refractivity contribution in [3.63, 3.8) is 0 Å². The lowest BCUT2D eigenvalue weighted by atomic mass is 9.97. The van der Waals surface area contributed by atoms with Gasteiger partial charge in [0, 0.05) is 13.1 Å². The first kappa shape index (κ1) is 17.5. The third kappa shape index (κ3) is 5.07. The van der Waals surface area contributed by atoms with E-state index in [-0.39, 0.29) is 11.9 Å². The zero-order valence-corrected chi connectivity index (χ0v) is 14.7. The van der Waals surface area contributed by atoms with Crippen molar-refractivity contribution >= 4 is 5.97 Å². The smallest absolute Gasteiger partial charge is 0.310 e. The summed E-state index contributed by atoms with van der Waals surface area (Å²) in [6, 6.07) is 17.9. The Hall–Kier alpha value is -2.33. The van der Waals surface area contributed by atoms with Crippen molar-refractivity contribution < 1.29 is 14.3 Å². The monoisotopic (exact) mass is 339 g/mol. The van der Waals surface area contributed by atoms with Gasteiger partial charge in [-0.15, -0.1) is 0 Å². The molecule has 1 fully saturated rings. The molecule has 0 aliphatic carbocycles. The van der Waals surface area contributed by atoms with Crippen LogP contribution in [0.5, 0.6) is 11.5 Å². The number of ether oxygens (including phenoxy) is 2. The fourth-order valence-corrected chi connectivity index (χ4v) is 3.24. The number of hydrogen-bond donors (Lipinski definition) is 0. The normalized spacial score (nSPS) is 17.9. The van der Waals surface area contributed by atoms with E-state index in [1.165, 1.54) is 5.56 Å². The summed E-state index contributed by atoms with van der Waals surface area (Å²) in [5.74, 6) is 1.61. The maximum atomic E-state index is 12.0. The number of hydrogen-bond acceptors (Lipinski definition) is 4. The van der Waals surface area contributed by atoms with E-state index in [1.54, 1.807) is 0 Å². The second-order valence-electron chi connectivity index (χ2n) is 6.39. The van der Waals surface area contributed by atoms with E-state index in [9.17, 15) is 4.79 Å². The van der Waals surface area contributed by atoms with Crippen LogP contribution in [-0.4, -0.2) is 30.6 Å². The summed E-state index contributed by atoms with van der Waals surface area (Å²) in [7, 11) is 0. The largest absolute Gasteiger partial charge is 0.466 e. The van der Waals surface area contributed by atoms with Gasteiger partial charge in [0.15, 0.2) is 0 Å². The maximum absolute atomic E-state index is 12.0. The van der Waals surface area contributed by atoms with Crippen LogP contribution in [0.1, 0.15) is 25.3 Å². The highest BCUT2D eigenvalue weighted by Gasteiger charge is 2.26. The van der Waals surface area contributed by atoms with Crippen LogP contribution in [-0.2, 0) is 16.1 Å². The van der Waals surface area contributed by atoms with Crippen LogP contribution in [0.3, 0.4) is 0 Å². The van der Waals surface area contributed by atoms with E-state index in [0.717, 1.165) is 44.0 Å². The van der Waals surface area contributed by atoms with Gasteiger partial charge < -0.3 is 9.47 Å². The van der Waals surface area contributed by atoms with Crippen LogP contribution in [0.2, 0.25) is 0 Å². The van der Waals surface area contributed by atoms with E-state index in [2.05, 4.69) is 17.0 Å². The van der Waals surface area contributed by atoms with E-state index >= 15 is 0 Å². The van der Waals surface area contributed by atoms with Gasteiger partial charge in [0.1, 0.15) is 11.5 Å². The molecule has 0 bridgehead atoms. The van der Waals surface area contributed by atoms with E-state index < -0.39 is 0 Å². The molecule has 0 unspecified atom stereocenters. The van der Waals surface area contributed by atoms with E-state index in [4.69, 9.17) is 9.47 Å². The number of benzene rings is 2. The lowest BCUT2D eigenvalue weighted by molar-refractivity contribution is -0.150. The molecule has 2 aromatic rings. The molecule has 4 nitrogen and oxygen atoms in total. The zero-order valence-electron chi connectivity index (χ0n) is 14.7. The van der Waals surface area contributed by atoms with E-state index in [0.29, 0.717) is 6.61 Å². The summed E-state index contributed by atoms with van der Waals surface area (Å²) >= 11 is 0. The standard InChI is InChI=1S/C21H25NO3/c1-2-24-21(23)18-9-7-13-22(16-18)15-17-8-6-12-20(14-17)25-19-10-4-3-5-11-19/h3-6,8,10-12,14,18H,2,7,9,13,15-16H2,1H3/t18-/m0/s1. The first-order valence-electron chi connectivity index (χ1n) is 8.95. The van der Waals surface area contributed by atoms with Gasteiger partial charge in [0.2, 0.25) is 0 Å². The van der Waals surface area contributed by atoms with Crippen LogP contribution in [0, 0.1) is 5.92 Å².